The molecule has 1 aliphatic heterocycles. The first-order valence-electron chi connectivity index (χ1n) is 8.90. The molecule has 3 heterocycles. The second-order valence-corrected chi connectivity index (χ2v) is 6.56. The molecule has 0 bridgehead atoms. The number of aliphatic hydroxyl groups is 1. The van der Waals surface area contributed by atoms with Gasteiger partial charge >= 0.3 is 6.18 Å². The Kier molecular flexibility index (Phi) is 6.22. The fourth-order valence-corrected chi connectivity index (χ4v) is 3.10. The number of β-amino-alcohol motifs (C(OH)–C–C–N with tert-alkyl or cyclic N) is 1. The highest BCUT2D eigenvalue weighted by Crippen LogP contribution is 2.30. The Morgan fingerprint density at radius 3 is 2.59 bits per heavy atom. The number of likely N-dealkylation sites (tertiary alicyclic amines) is 1. The summed E-state index contributed by atoms with van der Waals surface area (Å²) in [6, 6.07) is 5.88. The van der Waals surface area contributed by atoms with E-state index in [2.05, 4.69) is 25.2 Å². The molecule has 1 saturated heterocycles. The molecular formula is C18H22F3N5O. The number of halogens is 3. The number of aromatic nitrogens is 3. The number of anilines is 1. The largest absolute Gasteiger partial charge is 0.433 e. The van der Waals surface area contributed by atoms with Gasteiger partial charge in [0, 0.05) is 25.4 Å². The quantitative estimate of drug-likeness (QED) is 0.802. The number of alkyl halides is 3. The third kappa shape index (κ3) is 5.36. The van der Waals surface area contributed by atoms with Crippen molar-refractivity contribution in [3.05, 3.63) is 36.2 Å². The van der Waals surface area contributed by atoms with Crippen LogP contribution >= 0.6 is 0 Å². The molecule has 0 amide bonds. The maximum Gasteiger partial charge on any atom is 0.433 e. The Morgan fingerprint density at radius 2 is 1.96 bits per heavy atom. The molecule has 1 aliphatic rings. The number of hydrogen-bond donors (Lipinski definition) is 2. The van der Waals surface area contributed by atoms with Crippen molar-refractivity contribution >= 4 is 5.82 Å². The van der Waals surface area contributed by atoms with Gasteiger partial charge in [0.15, 0.2) is 11.5 Å². The van der Waals surface area contributed by atoms with Crippen LogP contribution in [-0.4, -0.2) is 57.7 Å². The first-order valence-corrected chi connectivity index (χ1v) is 8.90. The molecule has 27 heavy (non-hydrogen) atoms. The summed E-state index contributed by atoms with van der Waals surface area (Å²) in [5.41, 5.74) is -0.692. The highest BCUT2D eigenvalue weighted by Gasteiger charge is 2.34. The summed E-state index contributed by atoms with van der Waals surface area (Å²) in [4.78, 5) is 14.1. The Morgan fingerprint density at radius 1 is 1.19 bits per heavy atom. The van der Waals surface area contributed by atoms with Crippen molar-refractivity contribution in [1.82, 2.24) is 19.9 Å². The van der Waals surface area contributed by atoms with Crippen LogP contribution < -0.4 is 5.32 Å². The third-order valence-corrected chi connectivity index (χ3v) is 4.61. The van der Waals surface area contributed by atoms with Gasteiger partial charge < -0.3 is 15.3 Å². The molecule has 0 unspecified atom stereocenters. The minimum absolute atomic E-state index is 0.0503. The minimum Gasteiger partial charge on any atom is -0.395 e. The van der Waals surface area contributed by atoms with Gasteiger partial charge in [0.1, 0.15) is 11.5 Å². The number of piperidine rings is 1. The van der Waals surface area contributed by atoms with Gasteiger partial charge in [-0.2, -0.15) is 13.2 Å². The highest BCUT2D eigenvalue weighted by atomic mass is 19.4. The van der Waals surface area contributed by atoms with Crippen molar-refractivity contribution in [3.63, 3.8) is 0 Å². The van der Waals surface area contributed by atoms with E-state index in [9.17, 15) is 13.2 Å². The summed E-state index contributed by atoms with van der Waals surface area (Å²) >= 11 is 0. The molecule has 0 aliphatic carbocycles. The molecule has 9 heteroatoms. The molecule has 1 fully saturated rings. The van der Waals surface area contributed by atoms with Gasteiger partial charge in [-0.15, -0.1) is 0 Å². The van der Waals surface area contributed by atoms with E-state index in [1.807, 2.05) is 0 Å². The van der Waals surface area contributed by atoms with Gasteiger partial charge in [-0.25, -0.2) is 9.97 Å². The fraction of sp³-hybridized carbons (Fsp3) is 0.500. The zero-order chi connectivity index (χ0) is 19.3. The van der Waals surface area contributed by atoms with E-state index in [4.69, 9.17) is 5.11 Å². The van der Waals surface area contributed by atoms with Crippen molar-refractivity contribution in [2.45, 2.75) is 19.0 Å². The van der Waals surface area contributed by atoms with E-state index in [0.717, 1.165) is 32.0 Å². The predicted octanol–water partition coefficient (Wildman–Crippen LogP) is 2.67. The first-order chi connectivity index (χ1) is 13.0. The molecular weight excluding hydrogens is 359 g/mol. The standard InChI is InChI=1S/C18H22F3N5O/c19-18(20,21)15-11-16(25-17(24-15)14-3-1-2-6-22-14)23-12-13-4-7-26(8-5-13)9-10-27/h1-3,6,11,13,27H,4-5,7-10,12H2,(H,23,24,25). The number of nitrogens with zero attached hydrogens (tertiary/aromatic N) is 4. The average molecular weight is 381 g/mol. The summed E-state index contributed by atoms with van der Waals surface area (Å²) in [6.07, 6.45) is -1.21. The Labute approximate surface area is 155 Å². The smallest absolute Gasteiger partial charge is 0.395 e. The molecule has 0 radical (unpaired) electrons. The summed E-state index contributed by atoms with van der Waals surface area (Å²) < 4.78 is 39.6. The SMILES string of the molecule is OCCN1CCC(CNc2cc(C(F)(F)F)nc(-c3ccccn3)n2)CC1. The number of aliphatic hydroxyl groups excluding tert-OH is 1. The van der Waals surface area contributed by atoms with Crippen LogP contribution in [0.5, 0.6) is 0 Å². The van der Waals surface area contributed by atoms with Crippen LogP contribution in [0.1, 0.15) is 18.5 Å². The van der Waals surface area contributed by atoms with Gasteiger partial charge in [-0.1, -0.05) is 6.07 Å². The first kappa shape index (κ1) is 19.5. The second kappa shape index (κ2) is 8.62. The topological polar surface area (TPSA) is 74.2 Å². The molecule has 0 atom stereocenters. The van der Waals surface area contributed by atoms with Crippen LogP contribution in [0.4, 0.5) is 19.0 Å². The molecule has 2 aromatic rings. The molecule has 2 aromatic heterocycles. The maximum absolute atomic E-state index is 13.2. The van der Waals surface area contributed by atoms with E-state index in [-0.39, 0.29) is 18.2 Å². The normalized spacial score (nSPS) is 16.4. The van der Waals surface area contributed by atoms with E-state index >= 15 is 0 Å². The zero-order valence-electron chi connectivity index (χ0n) is 14.8. The zero-order valence-corrected chi connectivity index (χ0v) is 14.8. The van der Waals surface area contributed by atoms with Crippen LogP contribution in [-0.2, 0) is 6.18 Å². The van der Waals surface area contributed by atoms with E-state index in [0.29, 0.717) is 24.7 Å². The molecule has 146 valence electrons. The van der Waals surface area contributed by atoms with Gasteiger partial charge in [0.25, 0.3) is 0 Å². The van der Waals surface area contributed by atoms with Gasteiger partial charge in [0.2, 0.25) is 0 Å². The molecule has 0 spiro atoms. The summed E-state index contributed by atoms with van der Waals surface area (Å²) in [5.74, 6) is 0.448. The Balaban J connectivity index is 1.71. The van der Waals surface area contributed by atoms with Crippen molar-refractivity contribution in [1.29, 1.82) is 0 Å². The molecule has 0 saturated carbocycles. The van der Waals surface area contributed by atoms with Gasteiger partial charge in [0.05, 0.1) is 6.61 Å². The van der Waals surface area contributed by atoms with Gasteiger partial charge in [-0.3, -0.25) is 4.98 Å². The Hall–Kier alpha value is -2.26. The van der Waals surface area contributed by atoms with Crippen molar-refractivity contribution in [3.8, 4) is 11.5 Å². The lowest BCUT2D eigenvalue weighted by atomic mass is 9.97. The maximum atomic E-state index is 13.2. The van der Waals surface area contributed by atoms with Gasteiger partial charge in [-0.05, 0) is 44.0 Å². The second-order valence-electron chi connectivity index (χ2n) is 6.56. The molecule has 0 aromatic carbocycles. The lowest BCUT2D eigenvalue weighted by Crippen LogP contribution is -2.37. The minimum atomic E-state index is -4.56. The van der Waals surface area contributed by atoms with E-state index < -0.39 is 11.9 Å². The fourth-order valence-electron chi connectivity index (χ4n) is 3.10. The lowest BCUT2D eigenvalue weighted by molar-refractivity contribution is -0.141. The van der Waals surface area contributed by atoms with E-state index in [1.165, 1.54) is 6.20 Å². The van der Waals surface area contributed by atoms with Crippen LogP contribution in [0.25, 0.3) is 11.5 Å². The number of nitrogens with one attached hydrogen (secondary N) is 1. The van der Waals surface area contributed by atoms with Crippen LogP contribution in [0, 0.1) is 5.92 Å². The average Bonchev–Trinajstić information content (AvgIpc) is 2.67. The van der Waals surface area contributed by atoms with Crippen molar-refractivity contribution in [2.24, 2.45) is 5.92 Å². The Bertz CT molecular complexity index is 734. The molecule has 3 rings (SSSR count). The van der Waals surface area contributed by atoms with Crippen molar-refractivity contribution < 1.29 is 18.3 Å². The number of rotatable bonds is 6. The van der Waals surface area contributed by atoms with E-state index in [1.54, 1.807) is 18.2 Å². The summed E-state index contributed by atoms with van der Waals surface area (Å²) in [7, 11) is 0. The van der Waals surface area contributed by atoms with Crippen molar-refractivity contribution in [2.75, 3.05) is 38.1 Å². The number of pyridine rings is 1. The highest BCUT2D eigenvalue weighted by molar-refractivity contribution is 5.53. The third-order valence-electron chi connectivity index (χ3n) is 4.61. The molecule has 6 nitrogen and oxygen atoms in total. The van der Waals surface area contributed by atoms with Crippen LogP contribution in [0.2, 0.25) is 0 Å². The monoisotopic (exact) mass is 381 g/mol. The summed E-state index contributed by atoms with van der Waals surface area (Å²) in [5, 5.41) is 12.0. The van der Waals surface area contributed by atoms with Crippen LogP contribution in [0.15, 0.2) is 30.5 Å². The predicted molar refractivity (Wildman–Crippen MR) is 95.0 cm³/mol. The van der Waals surface area contributed by atoms with Crippen LogP contribution in [0.3, 0.4) is 0 Å². The number of hydrogen-bond acceptors (Lipinski definition) is 6. The molecule has 2 N–H and O–H groups in total. The lowest BCUT2D eigenvalue weighted by Gasteiger charge is -2.31. The summed E-state index contributed by atoms with van der Waals surface area (Å²) in [6.45, 7) is 3.10.